The molecule has 2 saturated heterocycles. The van der Waals surface area contributed by atoms with Crippen molar-refractivity contribution in [1.29, 1.82) is 0 Å². The monoisotopic (exact) mass is 473 g/mol. The fourth-order valence-corrected chi connectivity index (χ4v) is 7.40. The van der Waals surface area contributed by atoms with Gasteiger partial charge in [0.2, 0.25) is 0 Å². The van der Waals surface area contributed by atoms with Crippen LogP contribution in [0.2, 0.25) is 5.02 Å². The summed E-state index contributed by atoms with van der Waals surface area (Å²) in [5.41, 5.74) is 0.145. The van der Waals surface area contributed by atoms with Crippen LogP contribution < -0.4 is 5.32 Å². The Morgan fingerprint density at radius 1 is 1.30 bits per heavy atom. The summed E-state index contributed by atoms with van der Waals surface area (Å²) in [6, 6.07) is 7.00. The highest BCUT2D eigenvalue weighted by Gasteiger charge is 2.48. The number of rotatable bonds is 4. The van der Waals surface area contributed by atoms with Crippen LogP contribution in [0.3, 0.4) is 0 Å². The van der Waals surface area contributed by atoms with E-state index in [-0.39, 0.29) is 29.3 Å². The average Bonchev–Trinajstić information content (AvgIpc) is 3.06. The molecular weight excluding hydrogens is 450 g/mol. The standard InChI is InChI=1S/C19H24ClN3O5S2/c1-19(2,3)28-18(25)21-8-16(24)22-17-23(9-12-6-4-5-7-13(12)20)14-10-30(26,27)11-15(14)29-17/h4-7,14-15H,8-11H2,1-3H3,(H,21,25)/t14-,15+/m0/s1. The minimum atomic E-state index is -3.14. The first-order chi connectivity index (χ1) is 13.9. The summed E-state index contributed by atoms with van der Waals surface area (Å²) < 4.78 is 29.3. The molecule has 0 unspecified atom stereocenters. The van der Waals surface area contributed by atoms with Crippen molar-refractivity contribution in [3.8, 4) is 0 Å². The second-order valence-corrected chi connectivity index (χ2v) is 11.9. The molecule has 2 heterocycles. The zero-order valence-electron chi connectivity index (χ0n) is 16.9. The number of amidine groups is 1. The Hall–Kier alpha value is -1.78. The van der Waals surface area contributed by atoms with Gasteiger partial charge in [-0.1, -0.05) is 41.6 Å². The van der Waals surface area contributed by atoms with Crippen molar-refractivity contribution in [3.05, 3.63) is 34.9 Å². The van der Waals surface area contributed by atoms with E-state index in [1.807, 2.05) is 23.1 Å². The van der Waals surface area contributed by atoms with Gasteiger partial charge in [0.1, 0.15) is 12.1 Å². The van der Waals surface area contributed by atoms with Gasteiger partial charge in [-0.25, -0.2) is 13.2 Å². The highest BCUT2D eigenvalue weighted by molar-refractivity contribution is 8.15. The number of thioether (sulfide) groups is 1. The molecule has 1 aromatic rings. The Kier molecular flexibility index (Phi) is 6.69. The molecule has 2 fully saturated rings. The fourth-order valence-electron chi connectivity index (χ4n) is 3.24. The SMILES string of the molecule is CC(C)(C)OC(=O)NCC(=O)N=C1S[C@@H]2CS(=O)(=O)C[C@@H]2N1Cc1ccccc1Cl. The van der Waals surface area contributed by atoms with E-state index in [1.54, 1.807) is 26.8 Å². The first-order valence-electron chi connectivity index (χ1n) is 9.39. The minimum absolute atomic E-state index is 0.0124. The number of amides is 2. The van der Waals surface area contributed by atoms with Crippen LogP contribution in [0.15, 0.2) is 29.3 Å². The third-order valence-electron chi connectivity index (χ3n) is 4.48. The second-order valence-electron chi connectivity index (χ2n) is 8.16. The number of alkyl carbamates (subject to hydrolysis) is 1. The number of sulfone groups is 1. The molecular formula is C19H24ClN3O5S2. The van der Waals surface area contributed by atoms with Gasteiger partial charge in [0.15, 0.2) is 15.0 Å². The van der Waals surface area contributed by atoms with Crippen molar-refractivity contribution in [2.45, 2.75) is 44.2 Å². The number of hydrogen-bond acceptors (Lipinski definition) is 6. The number of nitrogens with one attached hydrogen (secondary N) is 1. The van der Waals surface area contributed by atoms with E-state index in [0.29, 0.717) is 16.7 Å². The Bertz CT molecular complexity index is 975. The van der Waals surface area contributed by atoms with Crippen LogP contribution in [0.5, 0.6) is 0 Å². The van der Waals surface area contributed by atoms with Gasteiger partial charge in [0, 0.05) is 16.8 Å². The zero-order valence-corrected chi connectivity index (χ0v) is 19.3. The third kappa shape index (κ3) is 5.89. The predicted molar refractivity (Wildman–Crippen MR) is 117 cm³/mol. The first kappa shape index (κ1) is 22.9. The van der Waals surface area contributed by atoms with E-state index in [9.17, 15) is 18.0 Å². The molecule has 0 saturated carbocycles. The molecule has 11 heteroatoms. The van der Waals surface area contributed by atoms with Crippen molar-refractivity contribution < 1.29 is 22.7 Å². The summed E-state index contributed by atoms with van der Waals surface area (Å²) >= 11 is 7.55. The summed E-state index contributed by atoms with van der Waals surface area (Å²) in [4.78, 5) is 30.0. The van der Waals surface area contributed by atoms with Gasteiger partial charge >= 0.3 is 6.09 Å². The maximum atomic E-state index is 12.3. The van der Waals surface area contributed by atoms with E-state index >= 15 is 0 Å². The maximum Gasteiger partial charge on any atom is 0.408 e. The first-order valence-corrected chi connectivity index (χ1v) is 12.5. The zero-order chi connectivity index (χ0) is 22.1. The Morgan fingerprint density at radius 3 is 2.67 bits per heavy atom. The smallest absolute Gasteiger partial charge is 0.408 e. The quantitative estimate of drug-likeness (QED) is 0.716. The molecule has 164 valence electrons. The van der Waals surface area contributed by atoms with Crippen LogP contribution in [-0.4, -0.2) is 65.4 Å². The van der Waals surface area contributed by atoms with Crippen LogP contribution in [0, 0.1) is 0 Å². The number of hydrogen-bond donors (Lipinski definition) is 1. The Labute approximate surface area is 185 Å². The van der Waals surface area contributed by atoms with Gasteiger partial charge in [-0.2, -0.15) is 4.99 Å². The molecule has 0 radical (unpaired) electrons. The molecule has 2 aliphatic rings. The molecule has 2 amide bonds. The second kappa shape index (κ2) is 8.76. The molecule has 0 aromatic heterocycles. The lowest BCUT2D eigenvalue weighted by Crippen LogP contribution is -2.38. The lowest BCUT2D eigenvalue weighted by Gasteiger charge is -2.25. The summed E-state index contributed by atoms with van der Waals surface area (Å²) in [6.07, 6.45) is -0.703. The van der Waals surface area contributed by atoms with Crippen molar-refractivity contribution >= 4 is 50.4 Å². The van der Waals surface area contributed by atoms with Gasteiger partial charge < -0.3 is 15.0 Å². The van der Waals surface area contributed by atoms with Crippen molar-refractivity contribution in [1.82, 2.24) is 10.2 Å². The summed E-state index contributed by atoms with van der Waals surface area (Å²) in [7, 11) is -3.14. The number of benzene rings is 1. The molecule has 3 rings (SSSR count). The predicted octanol–water partition coefficient (Wildman–Crippen LogP) is 2.46. The molecule has 2 atom stereocenters. The van der Waals surface area contributed by atoms with Gasteiger partial charge in [0.25, 0.3) is 5.91 Å². The molecule has 1 N–H and O–H groups in total. The van der Waals surface area contributed by atoms with Gasteiger partial charge in [-0.15, -0.1) is 0 Å². The molecule has 2 aliphatic heterocycles. The van der Waals surface area contributed by atoms with Gasteiger partial charge in [-0.05, 0) is 32.4 Å². The van der Waals surface area contributed by atoms with E-state index in [2.05, 4.69) is 10.3 Å². The third-order valence-corrected chi connectivity index (χ3v) is 8.09. The molecule has 0 bridgehead atoms. The maximum absolute atomic E-state index is 12.3. The van der Waals surface area contributed by atoms with Crippen molar-refractivity contribution in [3.63, 3.8) is 0 Å². The van der Waals surface area contributed by atoms with E-state index in [4.69, 9.17) is 16.3 Å². The Morgan fingerprint density at radius 2 is 2.00 bits per heavy atom. The minimum Gasteiger partial charge on any atom is -0.444 e. The number of fused-ring (bicyclic) bond motifs is 1. The van der Waals surface area contributed by atoms with E-state index in [0.717, 1.165) is 5.56 Å². The van der Waals surface area contributed by atoms with Gasteiger partial charge in [0.05, 0.1) is 17.5 Å². The fraction of sp³-hybridized carbons (Fsp3) is 0.526. The number of aliphatic imine (C=N–C) groups is 1. The number of halogens is 1. The van der Waals surface area contributed by atoms with Crippen LogP contribution in [0.25, 0.3) is 0 Å². The summed E-state index contributed by atoms with van der Waals surface area (Å²) in [6.45, 7) is 5.21. The Balaban J connectivity index is 1.74. The normalized spacial score (nSPS) is 24.0. The number of carbonyl (C=O) groups excluding carboxylic acids is 2. The van der Waals surface area contributed by atoms with Crippen LogP contribution in [0.4, 0.5) is 4.79 Å². The largest absolute Gasteiger partial charge is 0.444 e. The van der Waals surface area contributed by atoms with Gasteiger partial charge in [-0.3, -0.25) is 4.79 Å². The highest BCUT2D eigenvalue weighted by Crippen LogP contribution is 2.39. The number of carbonyl (C=O) groups is 2. The molecule has 0 spiro atoms. The lowest BCUT2D eigenvalue weighted by molar-refractivity contribution is -0.117. The van der Waals surface area contributed by atoms with Crippen LogP contribution in [0.1, 0.15) is 26.3 Å². The van der Waals surface area contributed by atoms with Crippen molar-refractivity contribution in [2.75, 3.05) is 18.1 Å². The summed E-state index contributed by atoms with van der Waals surface area (Å²) in [5, 5.41) is 3.20. The number of ether oxygens (including phenoxy) is 1. The molecule has 0 aliphatic carbocycles. The lowest BCUT2D eigenvalue weighted by atomic mass is 10.1. The topological polar surface area (TPSA) is 105 Å². The van der Waals surface area contributed by atoms with Crippen LogP contribution in [-0.2, 0) is 25.9 Å². The van der Waals surface area contributed by atoms with E-state index in [1.165, 1.54) is 11.8 Å². The van der Waals surface area contributed by atoms with Crippen molar-refractivity contribution in [2.24, 2.45) is 4.99 Å². The molecule has 1 aromatic carbocycles. The summed E-state index contributed by atoms with van der Waals surface area (Å²) in [5.74, 6) is -0.487. The number of nitrogens with zero attached hydrogens (tertiary/aromatic N) is 2. The molecule has 30 heavy (non-hydrogen) atoms. The van der Waals surface area contributed by atoms with Crippen LogP contribution >= 0.6 is 23.4 Å². The van der Waals surface area contributed by atoms with E-state index < -0.39 is 27.4 Å². The molecule has 8 nitrogen and oxygen atoms in total. The highest BCUT2D eigenvalue weighted by atomic mass is 35.5. The average molecular weight is 474 g/mol.